The molecule has 4 rings (SSSR count). The summed E-state index contributed by atoms with van der Waals surface area (Å²) in [7, 11) is 0. The van der Waals surface area contributed by atoms with Gasteiger partial charge in [-0.1, -0.05) is 66.8 Å². The summed E-state index contributed by atoms with van der Waals surface area (Å²) in [4.78, 5) is 0. The van der Waals surface area contributed by atoms with Crippen LogP contribution in [0, 0.1) is 0 Å². The molecule has 144 valence electrons. The first-order chi connectivity index (χ1) is 14.2. The average molecular weight is 378 g/mol. The van der Waals surface area contributed by atoms with Gasteiger partial charge < -0.3 is 4.57 Å². The fourth-order valence-electron chi connectivity index (χ4n) is 4.05. The van der Waals surface area contributed by atoms with E-state index in [4.69, 9.17) is 0 Å². The van der Waals surface area contributed by atoms with Crippen LogP contribution in [0.5, 0.6) is 0 Å². The minimum absolute atomic E-state index is 1.19. The Morgan fingerprint density at radius 1 is 0.759 bits per heavy atom. The summed E-state index contributed by atoms with van der Waals surface area (Å²) in [5, 5.41) is 3.83. The van der Waals surface area contributed by atoms with Crippen LogP contribution in [0.2, 0.25) is 0 Å². The van der Waals surface area contributed by atoms with Gasteiger partial charge in [-0.2, -0.15) is 0 Å². The molecule has 0 aliphatic carbocycles. The van der Waals surface area contributed by atoms with E-state index in [2.05, 4.69) is 123 Å². The molecule has 0 amide bonds. The number of nitrogens with zero attached hydrogens (tertiary/aromatic N) is 1. The Hall–Kier alpha value is -3.32. The van der Waals surface area contributed by atoms with Crippen LogP contribution in [0.3, 0.4) is 0 Å². The van der Waals surface area contributed by atoms with Gasteiger partial charge in [-0.25, -0.2) is 0 Å². The molecule has 1 aromatic heterocycles. The molecule has 0 fully saturated rings. The fraction of sp³-hybridized carbons (Fsp3) is 0.143. The second kappa shape index (κ2) is 7.97. The maximum absolute atomic E-state index is 2.37. The molecular weight excluding hydrogens is 350 g/mol. The van der Waals surface area contributed by atoms with E-state index in [0.717, 1.165) is 0 Å². The van der Waals surface area contributed by atoms with E-state index in [1.807, 2.05) is 0 Å². The van der Waals surface area contributed by atoms with Crippen molar-refractivity contribution in [1.82, 2.24) is 4.57 Å². The number of benzene rings is 3. The Kier molecular flexibility index (Phi) is 5.22. The molecule has 0 N–H and O–H groups in total. The molecule has 1 heterocycles. The van der Waals surface area contributed by atoms with Crippen molar-refractivity contribution in [3.8, 4) is 16.8 Å². The maximum Gasteiger partial charge on any atom is 0.0541 e. The molecular formula is C28H27N. The van der Waals surface area contributed by atoms with Gasteiger partial charge in [0.1, 0.15) is 0 Å². The smallest absolute Gasteiger partial charge is 0.0541 e. The molecule has 0 saturated heterocycles. The van der Waals surface area contributed by atoms with Crippen LogP contribution in [0.1, 0.15) is 33.3 Å². The molecule has 0 saturated carbocycles. The second-order valence-electron chi connectivity index (χ2n) is 7.33. The molecule has 0 radical (unpaired) electrons. The third-order valence-electron chi connectivity index (χ3n) is 5.73. The number of fused-ring (bicyclic) bond motifs is 1. The van der Waals surface area contributed by atoms with Crippen LogP contribution in [-0.2, 0) is 0 Å². The third kappa shape index (κ3) is 3.34. The molecule has 4 aromatic rings. The van der Waals surface area contributed by atoms with E-state index in [9.17, 15) is 0 Å². The van der Waals surface area contributed by atoms with Gasteiger partial charge in [0.15, 0.2) is 0 Å². The summed E-state index contributed by atoms with van der Waals surface area (Å²) < 4.78 is 2.37. The Morgan fingerprint density at radius 2 is 1.45 bits per heavy atom. The van der Waals surface area contributed by atoms with Gasteiger partial charge in [-0.05, 0) is 74.2 Å². The molecule has 0 aliphatic heterocycles. The molecule has 1 nitrogen and oxygen atoms in total. The highest BCUT2D eigenvalue weighted by molar-refractivity contribution is 5.87. The zero-order valence-electron chi connectivity index (χ0n) is 17.6. The van der Waals surface area contributed by atoms with Gasteiger partial charge in [0, 0.05) is 21.6 Å². The molecule has 0 atom stereocenters. The highest BCUT2D eigenvalue weighted by Crippen LogP contribution is 2.24. The predicted octanol–water partition coefficient (Wildman–Crippen LogP) is 6.32. The summed E-state index contributed by atoms with van der Waals surface area (Å²) in [5.74, 6) is 0. The number of aromatic nitrogens is 1. The number of hydrogen-bond donors (Lipinski definition) is 0. The predicted molar refractivity (Wildman–Crippen MR) is 128 cm³/mol. The topological polar surface area (TPSA) is 4.93 Å². The van der Waals surface area contributed by atoms with Crippen molar-refractivity contribution in [3.63, 3.8) is 0 Å². The molecule has 0 bridgehead atoms. The monoisotopic (exact) mass is 377 g/mol. The minimum Gasteiger partial charge on any atom is -0.310 e. The van der Waals surface area contributed by atoms with Crippen LogP contribution >= 0.6 is 0 Å². The summed E-state index contributed by atoms with van der Waals surface area (Å²) in [6.45, 7) is 8.51. The van der Waals surface area contributed by atoms with E-state index < -0.39 is 0 Å². The van der Waals surface area contributed by atoms with E-state index in [-0.39, 0.29) is 0 Å². The van der Waals surface area contributed by atoms with Crippen LogP contribution in [0.25, 0.3) is 45.4 Å². The third-order valence-corrected chi connectivity index (χ3v) is 5.73. The lowest BCUT2D eigenvalue weighted by molar-refractivity contribution is 1.07. The summed E-state index contributed by atoms with van der Waals surface area (Å²) in [6.07, 6.45) is 6.60. The number of allylic oxidation sites excluding steroid dienone is 2. The Bertz CT molecular complexity index is 1300. The van der Waals surface area contributed by atoms with Crippen LogP contribution < -0.4 is 10.6 Å². The van der Waals surface area contributed by atoms with Crippen LogP contribution in [0.15, 0.2) is 78.9 Å². The van der Waals surface area contributed by atoms with Crippen molar-refractivity contribution in [2.24, 2.45) is 0 Å². The lowest BCUT2D eigenvalue weighted by Gasteiger charge is -2.09. The highest BCUT2D eigenvalue weighted by Gasteiger charge is 2.10. The number of hydrogen-bond acceptors (Lipinski definition) is 0. The van der Waals surface area contributed by atoms with Crippen molar-refractivity contribution >= 4 is 28.6 Å². The van der Waals surface area contributed by atoms with E-state index in [1.165, 1.54) is 49.4 Å². The van der Waals surface area contributed by atoms with Crippen LogP contribution in [-0.4, -0.2) is 4.57 Å². The van der Waals surface area contributed by atoms with Gasteiger partial charge in [-0.3, -0.25) is 0 Å². The summed E-state index contributed by atoms with van der Waals surface area (Å²) in [5.41, 5.74) is 7.49. The van der Waals surface area contributed by atoms with Crippen molar-refractivity contribution < 1.29 is 0 Å². The highest BCUT2D eigenvalue weighted by atomic mass is 15.0. The molecule has 0 unspecified atom stereocenters. The quantitative estimate of drug-likeness (QED) is 0.394. The SMILES string of the molecule is C/C=c1\c(=C/C)n(-c2ccc(-c3ccccc3)cc2)c2ccc(/C(C)=C/C)cc12. The van der Waals surface area contributed by atoms with Crippen molar-refractivity contribution in [3.05, 3.63) is 95.0 Å². The van der Waals surface area contributed by atoms with Crippen molar-refractivity contribution in [1.29, 1.82) is 0 Å². The average Bonchev–Trinajstić information content (AvgIpc) is 3.11. The van der Waals surface area contributed by atoms with E-state index in [1.54, 1.807) is 0 Å². The first-order valence-corrected chi connectivity index (χ1v) is 10.2. The fourth-order valence-corrected chi connectivity index (χ4v) is 4.05. The summed E-state index contributed by atoms with van der Waals surface area (Å²) in [6, 6.07) is 26.2. The first-order valence-electron chi connectivity index (χ1n) is 10.2. The van der Waals surface area contributed by atoms with E-state index in [0.29, 0.717) is 0 Å². The van der Waals surface area contributed by atoms with Gasteiger partial charge in [-0.15, -0.1) is 0 Å². The number of rotatable bonds is 3. The van der Waals surface area contributed by atoms with E-state index >= 15 is 0 Å². The Balaban J connectivity index is 1.94. The standard InChI is InChI=1S/C28H27N/c1-5-20(4)23-15-18-28-26(19-23)25(6-2)27(7-3)29(28)24-16-13-22(14-17-24)21-11-9-8-10-12-21/h5-19H,1-4H3/b20-5+,25-6-,27-7+. The zero-order chi connectivity index (χ0) is 20.4. The molecule has 1 heteroatoms. The molecule has 3 aromatic carbocycles. The zero-order valence-corrected chi connectivity index (χ0v) is 17.6. The molecule has 0 spiro atoms. The minimum atomic E-state index is 1.19. The van der Waals surface area contributed by atoms with Gasteiger partial charge in [0.25, 0.3) is 0 Å². The largest absolute Gasteiger partial charge is 0.310 e. The normalized spacial score (nSPS) is 13.4. The van der Waals surface area contributed by atoms with Crippen molar-refractivity contribution in [2.45, 2.75) is 27.7 Å². The van der Waals surface area contributed by atoms with Crippen molar-refractivity contribution in [2.75, 3.05) is 0 Å². The lowest BCUT2D eigenvalue weighted by atomic mass is 10.0. The second-order valence-corrected chi connectivity index (χ2v) is 7.33. The molecule has 29 heavy (non-hydrogen) atoms. The Morgan fingerprint density at radius 3 is 2.07 bits per heavy atom. The Labute approximate surface area is 172 Å². The maximum atomic E-state index is 2.37. The molecule has 0 aliphatic rings. The lowest BCUT2D eigenvalue weighted by Crippen LogP contribution is -2.27. The van der Waals surface area contributed by atoms with Gasteiger partial charge >= 0.3 is 0 Å². The van der Waals surface area contributed by atoms with Gasteiger partial charge in [0.05, 0.1) is 5.52 Å². The summed E-state index contributed by atoms with van der Waals surface area (Å²) >= 11 is 0. The first kappa shape index (κ1) is 19.0. The van der Waals surface area contributed by atoms with Crippen LogP contribution in [0.4, 0.5) is 0 Å². The van der Waals surface area contributed by atoms with Gasteiger partial charge in [0.2, 0.25) is 0 Å².